The third-order valence-corrected chi connectivity index (χ3v) is 3.79. The largest absolute Gasteiger partial charge is 0.448 e. The highest BCUT2D eigenvalue weighted by Gasteiger charge is 2.38. The lowest BCUT2D eigenvalue weighted by Crippen LogP contribution is -2.37. The lowest BCUT2D eigenvalue weighted by atomic mass is 9.87. The van der Waals surface area contributed by atoms with Crippen LogP contribution in [0.5, 0.6) is 0 Å². The molecule has 2 aliphatic rings. The summed E-state index contributed by atoms with van der Waals surface area (Å²) in [5.41, 5.74) is 4.88. The summed E-state index contributed by atoms with van der Waals surface area (Å²) in [5, 5.41) is 3.40. The van der Waals surface area contributed by atoms with Crippen molar-refractivity contribution in [3.8, 4) is 0 Å². The molecule has 2 rings (SSSR count). The molecule has 2 aliphatic carbocycles. The van der Waals surface area contributed by atoms with Crippen molar-refractivity contribution in [1.82, 2.24) is 5.32 Å². The minimum absolute atomic E-state index is 0.357. The van der Waals surface area contributed by atoms with E-state index in [0.29, 0.717) is 19.2 Å². The number of nitrogens with two attached hydrogens (primary N) is 1. The molecule has 4 nitrogen and oxygen atoms in total. The van der Waals surface area contributed by atoms with E-state index in [1.807, 2.05) is 0 Å². The summed E-state index contributed by atoms with van der Waals surface area (Å²) >= 11 is 0. The molecular formula is C12H20N2O2. The van der Waals surface area contributed by atoms with Crippen LogP contribution in [-0.2, 0) is 4.74 Å². The molecule has 0 radical (unpaired) electrons. The molecule has 0 aliphatic heterocycles. The normalized spacial score (nSPS) is 32.9. The molecule has 0 aromatic carbocycles. The molecule has 0 saturated heterocycles. The fourth-order valence-corrected chi connectivity index (χ4v) is 2.99. The Morgan fingerprint density at radius 3 is 2.94 bits per heavy atom. The van der Waals surface area contributed by atoms with E-state index in [1.165, 1.54) is 12.8 Å². The molecule has 4 heteroatoms. The molecular weight excluding hydrogens is 204 g/mol. The number of carbonyl (C=O) groups excluding carboxylic acids is 1. The van der Waals surface area contributed by atoms with Crippen LogP contribution in [0.15, 0.2) is 12.2 Å². The van der Waals surface area contributed by atoms with Gasteiger partial charge in [-0.25, -0.2) is 4.79 Å². The van der Waals surface area contributed by atoms with E-state index in [9.17, 15) is 4.79 Å². The molecule has 16 heavy (non-hydrogen) atoms. The van der Waals surface area contributed by atoms with Crippen LogP contribution in [0.2, 0.25) is 0 Å². The first kappa shape index (κ1) is 11.5. The zero-order valence-corrected chi connectivity index (χ0v) is 9.69. The van der Waals surface area contributed by atoms with E-state index < -0.39 is 6.09 Å². The number of carbonyl (C=O) groups is 1. The Balaban J connectivity index is 1.66. The van der Waals surface area contributed by atoms with E-state index >= 15 is 0 Å². The molecule has 0 heterocycles. The minimum atomic E-state index is -0.697. The van der Waals surface area contributed by atoms with Gasteiger partial charge in [0.05, 0.1) is 0 Å². The third-order valence-electron chi connectivity index (χ3n) is 3.79. The smallest absolute Gasteiger partial charge is 0.404 e. The Morgan fingerprint density at radius 2 is 2.38 bits per heavy atom. The summed E-state index contributed by atoms with van der Waals surface area (Å²) < 4.78 is 4.68. The molecule has 4 unspecified atom stereocenters. The van der Waals surface area contributed by atoms with E-state index in [2.05, 4.69) is 29.1 Å². The van der Waals surface area contributed by atoms with Crippen molar-refractivity contribution in [1.29, 1.82) is 0 Å². The monoisotopic (exact) mass is 224 g/mol. The van der Waals surface area contributed by atoms with Gasteiger partial charge in [-0.15, -0.1) is 0 Å². The Labute approximate surface area is 96.2 Å². The number of hydrogen-bond acceptors (Lipinski definition) is 3. The summed E-state index contributed by atoms with van der Waals surface area (Å²) in [6, 6.07) is 0.483. The van der Waals surface area contributed by atoms with Crippen molar-refractivity contribution >= 4 is 6.09 Å². The van der Waals surface area contributed by atoms with Gasteiger partial charge in [-0.3, -0.25) is 0 Å². The number of hydrogen-bond donors (Lipinski definition) is 2. The Morgan fingerprint density at radius 1 is 1.56 bits per heavy atom. The average molecular weight is 224 g/mol. The second-order valence-electron chi connectivity index (χ2n) is 4.85. The summed E-state index contributed by atoms with van der Waals surface area (Å²) in [5.74, 6) is 2.30. The Bertz CT molecular complexity index is 291. The van der Waals surface area contributed by atoms with Crippen molar-refractivity contribution in [2.45, 2.75) is 25.8 Å². The maximum Gasteiger partial charge on any atom is 0.404 e. The van der Waals surface area contributed by atoms with Gasteiger partial charge in [0.2, 0.25) is 0 Å². The van der Waals surface area contributed by atoms with Gasteiger partial charge in [0, 0.05) is 12.6 Å². The summed E-state index contributed by atoms with van der Waals surface area (Å²) in [6.45, 7) is 3.25. The quantitative estimate of drug-likeness (QED) is 0.546. The summed E-state index contributed by atoms with van der Waals surface area (Å²) in [6.07, 6.45) is 6.64. The van der Waals surface area contributed by atoms with Crippen molar-refractivity contribution in [3.05, 3.63) is 12.2 Å². The fraction of sp³-hybridized carbons (Fsp3) is 0.750. The molecule has 4 atom stereocenters. The summed E-state index contributed by atoms with van der Waals surface area (Å²) in [4.78, 5) is 10.4. The maximum atomic E-state index is 10.4. The van der Waals surface area contributed by atoms with Gasteiger partial charge in [-0.2, -0.15) is 0 Å². The van der Waals surface area contributed by atoms with E-state index in [1.54, 1.807) is 0 Å². The van der Waals surface area contributed by atoms with Crippen LogP contribution in [0.3, 0.4) is 0 Å². The lowest BCUT2D eigenvalue weighted by Gasteiger charge is -2.26. The van der Waals surface area contributed by atoms with Crippen molar-refractivity contribution < 1.29 is 9.53 Å². The molecule has 1 amide bonds. The van der Waals surface area contributed by atoms with Crippen LogP contribution in [0.25, 0.3) is 0 Å². The average Bonchev–Trinajstić information content (AvgIpc) is 2.85. The number of allylic oxidation sites excluding steroid dienone is 2. The van der Waals surface area contributed by atoms with E-state index in [-0.39, 0.29) is 0 Å². The lowest BCUT2D eigenvalue weighted by molar-refractivity contribution is 0.154. The second kappa shape index (κ2) is 4.87. The van der Waals surface area contributed by atoms with Crippen LogP contribution in [0, 0.1) is 17.8 Å². The van der Waals surface area contributed by atoms with Crippen LogP contribution in [-0.4, -0.2) is 25.3 Å². The number of nitrogens with one attached hydrogen (secondary N) is 1. The Kier molecular flexibility index (Phi) is 3.49. The van der Waals surface area contributed by atoms with Gasteiger partial charge in [0.1, 0.15) is 6.61 Å². The minimum Gasteiger partial charge on any atom is -0.448 e. The van der Waals surface area contributed by atoms with Crippen LogP contribution < -0.4 is 11.1 Å². The number of ether oxygens (including phenoxy) is 1. The van der Waals surface area contributed by atoms with Crippen LogP contribution >= 0.6 is 0 Å². The third kappa shape index (κ3) is 2.55. The molecule has 1 saturated carbocycles. The number of fused-ring (bicyclic) bond motifs is 2. The Hall–Kier alpha value is -1.03. The highest BCUT2D eigenvalue weighted by atomic mass is 16.5. The van der Waals surface area contributed by atoms with Crippen molar-refractivity contribution in [3.63, 3.8) is 0 Å². The second-order valence-corrected chi connectivity index (χ2v) is 4.85. The van der Waals surface area contributed by atoms with Gasteiger partial charge >= 0.3 is 6.09 Å². The van der Waals surface area contributed by atoms with Crippen LogP contribution in [0.1, 0.15) is 19.8 Å². The van der Waals surface area contributed by atoms with Crippen molar-refractivity contribution in [2.24, 2.45) is 23.5 Å². The first-order chi connectivity index (χ1) is 7.66. The predicted octanol–water partition coefficient (Wildman–Crippen LogP) is 1.27. The first-order valence-corrected chi connectivity index (χ1v) is 6.00. The van der Waals surface area contributed by atoms with Gasteiger partial charge in [0.15, 0.2) is 0 Å². The molecule has 90 valence electrons. The molecule has 0 spiro atoms. The zero-order valence-electron chi connectivity index (χ0n) is 9.69. The van der Waals surface area contributed by atoms with E-state index in [4.69, 9.17) is 5.73 Å². The fourth-order valence-electron chi connectivity index (χ4n) is 2.99. The molecule has 2 bridgehead atoms. The highest BCUT2D eigenvalue weighted by molar-refractivity contribution is 5.64. The highest BCUT2D eigenvalue weighted by Crippen LogP contribution is 2.44. The van der Waals surface area contributed by atoms with Gasteiger partial charge in [0.25, 0.3) is 0 Å². The van der Waals surface area contributed by atoms with Gasteiger partial charge in [-0.05, 0) is 37.5 Å². The topological polar surface area (TPSA) is 64.3 Å². The predicted molar refractivity (Wildman–Crippen MR) is 61.8 cm³/mol. The van der Waals surface area contributed by atoms with Gasteiger partial charge < -0.3 is 15.8 Å². The summed E-state index contributed by atoms with van der Waals surface area (Å²) in [7, 11) is 0. The zero-order chi connectivity index (χ0) is 11.5. The van der Waals surface area contributed by atoms with Crippen LogP contribution in [0.4, 0.5) is 4.79 Å². The SMILES string of the molecule is CC(NCCOC(N)=O)C1CC2C=CC1C2. The molecule has 3 N–H and O–H groups in total. The van der Waals surface area contributed by atoms with Crippen molar-refractivity contribution in [2.75, 3.05) is 13.2 Å². The number of amides is 1. The number of rotatable bonds is 5. The first-order valence-electron chi connectivity index (χ1n) is 6.00. The molecule has 0 aromatic heterocycles. The number of primary amides is 1. The molecule has 0 aromatic rings. The van der Waals surface area contributed by atoms with Gasteiger partial charge in [-0.1, -0.05) is 12.2 Å². The van der Waals surface area contributed by atoms with E-state index in [0.717, 1.165) is 17.8 Å². The standard InChI is InChI=1S/C12H20N2O2/c1-8(14-4-5-16-12(13)15)11-7-9-2-3-10(11)6-9/h2-3,8-11,14H,4-7H2,1H3,(H2,13,15). The molecule has 1 fully saturated rings. The maximum absolute atomic E-state index is 10.4.